The number of aromatic nitrogens is 4. The Hall–Kier alpha value is -2.51. The Morgan fingerprint density at radius 1 is 1.27 bits per heavy atom. The summed E-state index contributed by atoms with van der Waals surface area (Å²) in [6, 6.07) is 5.85. The molecule has 0 aliphatic rings. The van der Waals surface area contributed by atoms with Gasteiger partial charge in [0.25, 0.3) is 0 Å². The molecule has 30 heavy (non-hydrogen) atoms. The minimum atomic E-state index is -4.86. The number of carbonyl (C=O) groups is 1. The molecule has 8 nitrogen and oxygen atoms in total. The lowest BCUT2D eigenvalue weighted by molar-refractivity contribution is -0.144. The monoisotopic (exact) mass is 480 g/mol. The van der Waals surface area contributed by atoms with Gasteiger partial charge in [0.15, 0.2) is 20.5 Å². The third-order valence-corrected chi connectivity index (χ3v) is 6.25. The summed E-state index contributed by atoms with van der Waals surface area (Å²) >= 11 is 6.78. The maximum absolute atomic E-state index is 13.2. The molecule has 3 aromatic rings. The minimum absolute atomic E-state index is 0.0355. The molecule has 0 saturated carbocycles. The van der Waals surface area contributed by atoms with Gasteiger partial charge in [-0.25, -0.2) is 13.1 Å². The highest BCUT2D eigenvalue weighted by Crippen LogP contribution is 2.41. The fourth-order valence-electron chi connectivity index (χ4n) is 2.42. The second-order valence-corrected chi connectivity index (χ2v) is 9.33. The lowest BCUT2D eigenvalue weighted by Gasteiger charge is -2.03. The van der Waals surface area contributed by atoms with Crippen molar-refractivity contribution >= 4 is 38.7 Å². The first-order valence-corrected chi connectivity index (χ1v) is 11.0. The molecule has 160 valence electrons. The van der Waals surface area contributed by atoms with Crippen LogP contribution in [-0.4, -0.2) is 47.7 Å². The molecule has 0 aliphatic heterocycles. The highest BCUT2D eigenvalue weighted by atomic mass is 35.5. The van der Waals surface area contributed by atoms with Crippen molar-refractivity contribution in [2.45, 2.75) is 17.6 Å². The van der Waals surface area contributed by atoms with Crippen LogP contribution in [0.1, 0.15) is 5.69 Å². The van der Waals surface area contributed by atoms with Crippen LogP contribution in [0.15, 0.2) is 29.2 Å². The summed E-state index contributed by atoms with van der Waals surface area (Å²) in [7, 11) is -2.40. The van der Waals surface area contributed by atoms with Gasteiger partial charge in [-0.2, -0.15) is 18.3 Å². The largest absolute Gasteiger partial charge is 0.468 e. The van der Waals surface area contributed by atoms with Gasteiger partial charge in [-0.05, 0) is 12.1 Å². The molecule has 0 amide bonds. The van der Waals surface area contributed by atoms with Crippen molar-refractivity contribution in [3.05, 3.63) is 35.0 Å². The predicted octanol–water partition coefficient (Wildman–Crippen LogP) is 3.32. The smallest absolute Gasteiger partial charge is 0.436 e. The number of carbonyl (C=O) groups excluding carboxylic acids is 1. The summed E-state index contributed by atoms with van der Waals surface area (Å²) in [5.74, 6) is -0.838. The highest BCUT2D eigenvalue weighted by Gasteiger charge is 2.40. The van der Waals surface area contributed by atoms with Gasteiger partial charge in [0.05, 0.1) is 12.0 Å². The van der Waals surface area contributed by atoms with Crippen molar-refractivity contribution in [3.8, 4) is 21.3 Å². The Labute approximate surface area is 177 Å². The van der Waals surface area contributed by atoms with Crippen LogP contribution in [0.4, 0.5) is 13.2 Å². The van der Waals surface area contributed by atoms with E-state index in [1.807, 2.05) is 0 Å². The summed E-state index contributed by atoms with van der Waals surface area (Å²) in [6.07, 6.45) is -3.81. The van der Waals surface area contributed by atoms with Gasteiger partial charge in [0.2, 0.25) is 0 Å². The number of sulfone groups is 1. The molecule has 3 rings (SSSR count). The molecule has 0 N–H and O–H groups in total. The Kier molecular flexibility index (Phi) is 5.89. The second-order valence-electron chi connectivity index (χ2n) is 5.96. The van der Waals surface area contributed by atoms with Gasteiger partial charge in [0.1, 0.15) is 22.3 Å². The van der Waals surface area contributed by atoms with Crippen molar-refractivity contribution in [2.75, 3.05) is 13.4 Å². The van der Waals surface area contributed by atoms with Gasteiger partial charge < -0.3 is 4.74 Å². The van der Waals surface area contributed by atoms with E-state index in [0.29, 0.717) is 5.56 Å². The first kappa shape index (κ1) is 22.2. The third kappa shape index (κ3) is 4.47. The van der Waals surface area contributed by atoms with Gasteiger partial charge in [-0.15, -0.1) is 10.2 Å². The Morgan fingerprint density at radius 2 is 1.93 bits per heavy atom. The standard InChI is InChI=1S/C16H12ClF3N4O4S2/c1-28-10(25)7-24-12(11(17)13(23-24)16(18,19)20)15-22-21-14(29-15)8-4-3-5-9(6-8)30(2,26)27/h3-6H,7H2,1-2H3. The van der Waals surface area contributed by atoms with Gasteiger partial charge in [0, 0.05) is 11.8 Å². The zero-order valence-electron chi connectivity index (χ0n) is 15.3. The summed E-state index contributed by atoms with van der Waals surface area (Å²) in [5.41, 5.74) is -1.23. The average Bonchev–Trinajstić information content (AvgIpc) is 3.25. The van der Waals surface area contributed by atoms with Crippen LogP contribution in [0.2, 0.25) is 5.02 Å². The number of alkyl halides is 3. The Bertz CT molecular complexity index is 1220. The van der Waals surface area contributed by atoms with E-state index in [-0.39, 0.29) is 20.6 Å². The topological polar surface area (TPSA) is 104 Å². The van der Waals surface area contributed by atoms with E-state index in [9.17, 15) is 26.4 Å². The molecule has 0 bridgehead atoms. The van der Waals surface area contributed by atoms with E-state index in [1.165, 1.54) is 18.2 Å². The number of halogens is 4. The van der Waals surface area contributed by atoms with Crippen LogP contribution in [0.25, 0.3) is 21.3 Å². The SMILES string of the molecule is COC(=O)Cn1nc(C(F)(F)F)c(Cl)c1-c1nnc(-c2cccc(S(C)(=O)=O)c2)s1. The summed E-state index contributed by atoms with van der Waals surface area (Å²) in [6.45, 7) is -0.625. The summed E-state index contributed by atoms with van der Waals surface area (Å²) < 4.78 is 68.4. The van der Waals surface area contributed by atoms with Crippen molar-refractivity contribution in [2.24, 2.45) is 0 Å². The van der Waals surface area contributed by atoms with E-state index in [2.05, 4.69) is 20.0 Å². The number of nitrogens with zero attached hydrogens (tertiary/aromatic N) is 4. The average molecular weight is 481 g/mol. The van der Waals surface area contributed by atoms with Crippen molar-refractivity contribution < 1.29 is 31.1 Å². The van der Waals surface area contributed by atoms with E-state index in [4.69, 9.17) is 11.6 Å². The van der Waals surface area contributed by atoms with E-state index >= 15 is 0 Å². The molecule has 1 aromatic carbocycles. The fourth-order valence-corrected chi connectivity index (χ4v) is 4.37. The molecular formula is C16H12ClF3N4O4S2. The normalized spacial score (nSPS) is 12.2. The van der Waals surface area contributed by atoms with Crippen LogP contribution in [0, 0.1) is 0 Å². The van der Waals surface area contributed by atoms with Crippen LogP contribution in [-0.2, 0) is 32.1 Å². The lowest BCUT2D eigenvalue weighted by atomic mass is 10.2. The number of benzene rings is 1. The number of esters is 1. The van der Waals surface area contributed by atoms with Crippen molar-refractivity contribution in [1.29, 1.82) is 0 Å². The van der Waals surface area contributed by atoms with Crippen LogP contribution in [0.3, 0.4) is 0 Å². The molecule has 0 atom stereocenters. The van der Waals surface area contributed by atoms with E-state index in [0.717, 1.165) is 29.4 Å². The first-order chi connectivity index (χ1) is 13.9. The first-order valence-electron chi connectivity index (χ1n) is 7.96. The van der Waals surface area contributed by atoms with E-state index in [1.54, 1.807) is 6.07 Å². The minimum Gasteiger partial charge on any atom is -0.468 e. The molecule has 0 spiro atoms. The maximum Gasteiger partial charge on any atom is 0.436 e. The Morgan fingerprint density at radius 3 is 2.53 bits per heavy atom. The molecule has 14 heteroatoms. The number of rotatable bonds is 5. The fraction of sp³-hybridized carbons (Fsp3) is 0.250. The molecular weight excluding hydrogens is 469 g/mol. The lowest BCUT2D eigenvalue weighted by Crippen LogP contribution is -2.15. The van der Waals surface area contributed by atoms with Crippen LogP contribution >= 0.6 is 22.9 Å². The second kappa shape index (κ2) is 7.96. The molecule has 0 radical (unpaired) electrons. The maximum atomic E-state index is 13.2. The highest BCUT2D eigenvalue weighted by molar-refractivity contribution is 7.90. The quantitative estimate of drug-likeness (QED) is 0.516. The van der Waals surface area contributed by atoms with Crippen molar-refractivity contribution in [1.82, 2.24) is 20.0 Å². The zero-order valence-corrected chi connectivity index (χ0v) is 17.7. The van der Waals surface area contributed by atoms with Gasteiger partial charge >= 0.3 is 12.1 Å². The molecule has 2 aromatic heterocycles. The van der Waals surface area contributed by atoms with Gasteiger partial charge in [-0.1, -0.05) is 35.1 Å². The predicted molar refractivity (Wildman–Crippen MR) is 102 cm³/mol. The van der Waals surface area contributed by atoms with Crippen LogP contribution in [0.5, 0.6) is 0 Å². The summed E-state index contributed by atoms with van der Waals surface area (Å²) in [4.78, 5) is 11.6. The molecule has 2 heterocycles. The molecule has 0 aliphatic carbocycles. The summed E-state index contributed by atoms with van der Waals surface area (Å²) in [5, 5.41) is 10.6. The van der Waals surface area contributed by atoms with Gasteiger partial charge in [-0.3, -0.25) is 4.79 Å². The number of ether oxygens (including phenoxy) is 1. The molecule has 0 saturated heterocycles. The molecule has 0 fully saturated rings. The number of hydrogen-bond donors (Lipinski definition) is 0. The Balaban J connectivity index is 2.11. The van der Waals surface area contributed by atoms with E-state index < -0.39 is 39.2 Å². The third-order valence-electron chi connectivity index (χ3n) is 3.81. The number of hydrogen-bond acceptors (Lipinski definition) is 8. The zero-order chi connectivity index (χ0) is 22.3. The molecule has 0 unspecified atom stereocenters. The number of methoxy groups -OCH3 is 1. The van der Waals surface area contributed by atoms with Crippen molar-refractivity contribution in [3.63, 3.8) is 0 Å². The van der Waals surface area contributed by atoms with Crippen LogP contribution < -0.4 is 0 Å².